The van der Waals surface area contributed by atoms with E-state index in [2.05, 4.69) is 27.5 Å². The van der Waals surface area contributed by atoms with Gasteiger partial charge in [0.05, 0.1) is 12.1 Å². The first kappa shape index (κ1) is 18.8. The molecule has 0 atom stereocenters. The van der Waals surface area contributed by atoms with Crippen LogP contribution in [0, 0.1) is 11.8 Å². The van der Waals surface area contributed by atoms with Gasteiger partial charge < -0.3 is 15.4 Å². The number of halogens is 3. The van der Waals surface area contributed by atoms with Gasteiger partial charge >= 0.3 is 6.18 Å². The molecule has 0 bridgehead atoms. The molecule has 0 amide bonds. The number of hydrogen-bond acceptors (Lipinski definition) is 2. The van der Waals surface area contributed by atoms with Crippen molar-refractivity contribution in [1.29, 1.82) is 0 Å². The maximum absolute atomic E-state index is 12.6. The summed E-state index contributed by atoms with van der Waals surface area (Å²) in [7, 11) is 3.27. The Bertz CT molecular complexity index is 574. The molecule has 1 rings (SSSR count). The second-order valence-electron chi connectivity index (χ2n) is 4.58. The molecular weight excluding hydrogens is 307 g/mol. The molecule has 0 aliphatic rings. The first-order chi connectivity index (χ1) is 11.0. The van der Waals surface area contributed by atoms with Crippen molar-refractivity contribution in [3.8, 4) is 11.8 Å². The summed E-state index contributed by atoms with van der Waals surface area (Å²) in [4.78, 5) is 4.01. The van der Waals surface area contributed by atoms with Gasteiger partial charge in [0.2, 0.25) is 0 Å². The number of benzene rings is 1. The molecule has 0 aliphatic carbocycles. The summed E-state index contributed by atoms with van der Waals surface area (Å²) in [5.74, 6) is 6.05. The van der Waals surface area contributed by atoms with E-state index in [1.165, 1.54) is 6.07 Å². The summed E-state index contributed by atoms with van der Waals surface area (Å²) in [5.41, 5.74) is -0.377. The van der Waals surface area contributed by atoms with Crippen molar-refractivity contribution in [2.75, 3.05) is 33.9 Å². The molecule has 23 heavy (non-hydrogen) atoms. The predicted octanol–water partition coefficient (Wildman–Crippen LogP) is 2.26. The Hall–Kier alpha value is -2.20. The van der Waals surface area contributed by atoms with Crippen LogP contribution in [0.2, 0.25) is 0 Å². The van der Waals surface area contributed by atoms with E-state index in [4.69, 9.17) is 4.74 Å². The second-order valence-corrected chi connectivity index (χ2v) is 4.58. The number of nitrogens with one attached hydrogen (secondary N) is 2. The monoisotopic (exact) mass is 327 g/mol. The van der Waals surface area contributed by atoms with Gasteiger partial charge in [-0.25, -0.2) is 0 Å². The third-order valence-electron chi connectivity index (χ3n) is 2.81. The van der Waals surface area contributed by atoms with Crippen LogP contribution in [0.3, 0.4) is 0 Å². The van der Waals surface area contributed by atoms with Crippen molar-refractivity contribution in [2.45, 2.75) is 12.6 Å². The van der Waals surface area contributed by atoms with Gasteiger partial charge in [0.25, 0.3) is 0 Å². The van der Waals surface area contributed by atoms with E-state index in [9.17, 15) is 13.2 Å². The number of guanidine groups is 1. The van der Waals surface area contributed by atoms with Crippen LogP contribution in [-0.2, 0) is 10.9 Å². The zero-order chi connectivity index (χ0) is 17.1. The molecule has 1 aromatic carbocycles. The van der Waals surface area contributed by atoms with Crippen LogP contribution in [0.25, 0.3) is 0 Å². The second kappa shape index (κ2) is 9.74. The van der Waals surface area contributed by atoms with E-state index in [0.29, 0.717) is 24.7 Å². The maximum atomic E-state index is 12.6. The van der Waals surface area contributed by atoms with Crippen LogP contribution in [0.1, 0.15) is 17.5 Å². The van der Waals surface area contributed by atoms with Crippen molar-refractivity contribution in [3.05, 3.63) is 35.4 Å². The molecule has 0 aliphatic heterocycles. The lowest BCUT2D eigenvalue weighted by atomic mass is 10.1. The molecule has 0 heterocycles. The third kappa shape index (κ3) is 7.56. The van der Waals surface area contributed by atoms with E-state index in [-0.39, 0.29) is 6.54 Å². The van der Waals surface area contributed by atoms with E-state index >= 15 is 0 Å². The van der Waals surface area contributed by atoms with Gasteiger partial charge in [-0.3, -0.25) is 4.99 Å². The largest absolute Gasteiger partial charge is 0.416 e. The first-order valence-corrected chi connectivity index (χ1v) is 7.07. The van der Waals surface area contributed by atoms with Gasteiger partial charge in [-0.15, -0.1) is 0 Å². The summed E-state index contributed by atoms with van der Waals surface area (Å²) < 4.78 is 42.7. The molecule has 1 aromatic rings. The molecule has 0 saturated heterocycles. The summed E-state index contributed by atoms with van der Waals surface area (Å²) in [5, 5.41) is 6.04. The Morgan fingerprint density at radius 3 is 2.74 bits per heavy atom. The third-order valence-corrected chi connectivity index (χ3v) is 2.81. The number of methoxy groups -OCH3 is 1. The van der Waals surface area contributed by atoms with E-state index in [1.807, 2.05) is 0 Å². The Kier molecular flexibility index (Phi) is 7.98. The standard InChI is InChI=1S/C16H20F3N3O/c1-20-15(22-10-5-11-23-2)21-9-4-7-13-6-3-8-14(12-13)16(17,18)19/h3,6,8,12H,5,9-11H2,1-2H3,(H2,20,21,22). The fourth-order valence-electron chi connectivity index (χ4n) is 1.69. The lowest BCUT2D eigenvalue weighted by molar-refractivity contribution is -0.137. The van der Waals surface area contributed by atoms with Crippen LogP contribution in [-0.4, -0.2) is 39.8 Å². The van der Waals surface area contributed by atoms with Crippen LogP contribution >= 0.6 is 0 Å². The number of rotatable bonds is 5. The molecule has 0 spiro atoms. The molecule has 0 aromatic heterocycles. The average Bonchev–Trinajstić information content (AvgIpc) is 2.53. The molecule has 2 N–H and O–H groups in total. The number of hydrogen-bond donors (Lipinski definition) is 2. The Morgan fingerprint density at radius 2 is 2.09 bits per heavy atom. The Morgan fingerprint density at radius 1 is 1.30 bits per heavy atom. The van der Waals surface area contributed by atoms with Crippen molar-refractivity contribution in [3.63, 3.8) is 0 Å². The minimum Gasteiger partial charge on any atom is -0.385 e. The highest BCUT2D eigenvalue weighted by Gasteiger charge is 2.30. The number of aliphatic imine (C=N–C) groups is 1. The topological polar surface area (TPSA) is 45.7 Å². The van der Waals surface area contributed by atoms with Crippen LogP contribution in [0.5, 0.6) is 0 Å². The number of nitrogens with zero attached hydrogens (tertiary/aromatic N) is 1. The summed E-state index contributed by atoms with van der Waals surface area (Å²) in [6.45, 7) is 1.63. The van der Waals surface area contributed by atoms with E-state index < -0.39 is 11.7 Å². The van der Waals surface area contributed by atoms with E-state index in [1.54, 1.807) is 20.2 Å². The molecular formula is C16H20F3N3O. The molecule has 0 saturated carbocycles. The minimum absolute atomic E-state index is 0.278. The number of alkyl halides is 3. The van der Waals surface area contributed by atoms with Crippen molar-refractivity contribution in [1.82, 2.24) is 10.6 Å². The van der Waals surface area contributed by atoms with Crippen molar-refractivity contribution >= 4 is 5.96 Å². The predicted molar refractivity (Wildman–Crippen MR) is 84.2 cm³/mol. The van der Waals surface area contributed by atoms with Crippen LogP contribution in [0.15, 0.2) is 29.3 Å². The molecule has 0 fully saturated rings. The molecule has 4 nitrogen and oxygen atoms in total. The fourth-order valence-corrected chi connectivity index (χ4v) is 1.69. The van der Waals surface area contributed by atoms with Gasteiger partial charge in [-0.2, -0.15) is 13.2 Å². The fraction of sp³-hybridized carbons (Fsp3) is 0.438. The average molecular weight is 327 g/mol. The summed E-state index contributed by atoms with van der Waals surface area (Å²) in [6.07, 6.45) is -3.52. The zero-order valence-electron chi connectivity index (χ0n) is 13.1. The zero-order valence-corrected chi connectivity index (χ0v) is 13.1. The smallest absolute Gasteiger partial charge is 0.385 e. The quantitative estimate of drug-likeness (QED) is 0.377. The van der Waals surface area contributed by atoms with Gasteiger partial charge in [0.1, 0.15) is 0 Å². The Labute approximate surface area is 134 Å². The molecule has 126 valence electrons. The highest BCUT2D eigenvalue weighted by molar-refractivity contribution is 5.79. The summed E-state index contributed by atoms with van der Waals surface area (Å²) >= 11 is 0. The van der Waals surface area contributed by atoms with Crippen LogP contribution < -0.4 is 10.6 Å². The van der Waals surface area contributed by atoms with Gasteiger partial charge in [-0.05, 0) is 24.6 Å². The molecule has 7 heteroatoms. The Balaban J connectivity index is 2.48. The maximum Gasteiger partial charge on any atom is 0.416 e. The lowest BCUT2D eigenvalue weighted by Gasteiger charge is -2.09. The van der Waals surface area contributed by atoms with E-state index in [0.717, 1.165) is 18.6 Å². The van der Waals surface area contributed by atoms with Crippen molar-refractivity contribution < 1.29 is 17.9 Å². The molecule has 0 radical (unpaired) electrons. The SMILES string of the molecule is CN=C(NCC#Cc1cccc(C(F)(F)F)c1)NCCCOC. The number of ether oxygens (including phenoxy) is 1. The first-order valence-electron chi connectivity index (χ1n) is 7.07. The molecule has 0 unspecified atom stereocenters. The lowest BCUT2D eigenvalue weighted by Crippen LogP contribution is -2.38. The van der Waals surface area contributed by atoms with Gasteiger partial charge in [0, 0.05) is 32.9 Å². The van der Waals surface area contributed by atoms with Crippen LogP contribution in [0.4, 0.5) is 13.2 Å². The summed E-state index contributed by atoms with van der Waals surface area (Å²) in [6, 6.07) is 4.94. The highest BCUT2D eigenvalue weighted by atomic mass is 19.4. The normalized spacial score (nSPS) is 11.6. The van der Waals surface area contributed by atoms with Gasteiger partial charge in [0.15, 0.2) is 5.96 Å². The highest BCUT2D eigenvalue weighted by Crippen LogP contribution is 2.29. The van der Waals surface area contributed by atoms with Crippen molar-refractivity contribution in [2.24, 2.45) is 4.99 Å². The van der Waals surface area contributed by atoms with Gasteiger partial charge in [-0.1, -0.05) is 17.9 Å². The minimum atomic E-state index is -4.36.